The number of rotatable bonds is 3. The number of alkyl halides is 2. The molecule has 1 rings (SSSR count). The zero-order chi connectivity index (χ0) is 11.6. The molecule has 0 aromatic heterocycles. The summed E-state index contributed by atoms with van der Waals surface area (Å²) < 4.78 is 39.2. The van der Waals surface area contributed by atoms with Crippen molar-refractivity contribution in [2.24, 2.45) is 0 Å². The first-order valence-corrected chi connectivity index (χ1v) is 4.34. The molecule has 0 aliphatic heterocycles. The predicted molar refractivity (Wildman–Crippen MR) is 51.7 cm³/mol. The molecule has 0 aliphatic rings. The number of aliphatic hydroxyl groups excluding tert-OH is 1. The maximum Gasteiger partial charge on any atom is 0.295 e. The number of hydrogen-bond donors (Lipinski definition) is 1. The molecule has 1 N–H and O–H groups in total. The molecule has 15 heavy (non-hydrogen) atoms. The van der Waals surface area contributed by atoms with Crippen molar-refractivity contribution in [1.29, 1.82) is 0 Å². The van der Waals surface area contributed by atoms with E-state index in [1.165, 1.54) is 11.0 Å². The molecule has 2 nitrogen and oxygen atoms in total. The second kappa shape index (κ2) is 4.10. The van der Waals surface area contributed by atoms with E-state index in [9.17, 15) is 13.2 Å². The summed E-state index contributed by atoms with van der Waals surface area (Å²) in [5, 5.41) is 8.43. The lowest BCUT2D eigenvalue weighted by molar-refractivity contribution is -0.0558. The summed E-state index contributed by atoms with van der Waals surface area (Å²) in [4.78, 5) is 1.48. The van der Waals surface area contributed by atoms with E-state index in [1.54, 1.807) is 14.1 Å². The zero-order valence-electron chi connectivity index (χ0n) is 8.47. The summed E-state index contributed by atoms with van der Waals surface area (Å²) in [5.74, 6) is -4.13. The summed E-state index contributed by atoms with van der Waals surface area (Å²) in [6, 6.07) is 3.11. The van der Waals surface area contributed by atoms with Crippen molar-refractivity contribution in [2.75, 3.05) is 25.6 Å². The van der Waals surface area contributed by atoms with Crippen LogP contribution in [0.25, 0.3) is 0 Å². The van der Waals surface area contributed by atoms with Crippen LogP contribution in [0.3, 0.4) is 0 Å². The molecular weight excluding hydrogens is 207 g/mol. The SMILES string of the molecule is CN(C)c1ccc(C(F)(F)CO)cc1F. The van der Waals surface area contributed by atoms with E-state index in [1.807, 2.05) is 0 Å². The van der Waals surface area contributed by atoms with Crippen LogP contribution in [0.5, 0.6) is 0 Å². The van der Waals surface area contributed by atoms with Gasteiger partial charge in [-0.25, -0.2) is 4.39 Å². The molecule has 0 atom stereocenters. The second-order valence-corrected chi connectivity index (χ2v) is 3.42. The predicted octanol–water partition coefficient (Wildman–Crippen LogP) is 1.98. The van der Waals surface area contributed by atoms with Gasteiger partial charge >= 0.3 is 0 Å². The quantitative estimate of drug-likeness (QED) is 0.840. The van der Waals surface area contributed by atoms with Crippen LogP contribution < -0.4 is 4.90 Å². The van der Waals surface area contributed by atoms with E-state index in [0.717, 1.165) is 12.1 Å². The first-order valence-electron chi connectivity index (χ1n) is 4.34. The summed E-state index contributed by atoms with van der Waals surface area (Å²) in [6.07, 6.45) is 0. The van der Waals surface area contributed by atoms with E-state index in [4.69, 9.17) is 5.11 Å². The molecule has 0 spiro atoms. The van der Waals surface area contributed by atoms with Gasteiger partial charge in [0.1, 0.15) is 12.4 Å². The molecule has 1 aromatic carbocycles. The molecule has 0 amide bonds. The molecule has 1 aromatic rings. The molecule has 0 radical (unpaired) electrons. The van der Waals surface area contributed by atoms with Gasteiger partial charge in [0, 0.05) is 19.7 Å². The standard InChI is InChI=1S/C10H12F3NO/c1-14(2)9-4-3-7(5-8(9)11)10(12,13)6-15/h3-5,15H,6H2,1-2H3. The van der Waals surface area contributed by atoms with Crippen LogP contribution in [-0.4, -0.2) is 25.8 Å². The monoisotopic (exact) mass is 219 g/mol. The molecule has 0 saturated heterocycles. The Bertz CT molecular complexity index is 353. The van der Waals surface area contributed by atoms with Crippen LogP contribution in [0, 0.1) is 5.82 Å². The van der Waals surface area contributed by atoms with Crippen LogP contribution >= 0.6 is 0 Å². The average molecular weight is 219 g/mol. The summed E-state index contributed by atoms with van der Waals surface area (Å²) in [6.45, 7) is -1.33. The third-order valence-electron chi connectivity index (χ3n) is 2.05. The minimum Gasteiger partial charge on any atom is -0.390 e. The van der Waals surface area contributed by atoms with Gasteiger partial charge in [0.15, 0.2) is 0 Å². The first-order chi connectivity index (χ1) is 6.88. The van der Waals surface area contributed by atoms with Crippen molar-refractivity contribution in [3.63, 3.8) is 0 Å². The van der Waals surface area contributed by atoms with Crippen LogP contribution in [0.4, 0.5) is 18.9 Å². The normalized spacial score (nSPS) is 11.6. The topological polar surface area (TPSA) is 23.5 Å². The number of nitrogens with zero attached hydrogens (tertiary/aromatic N) is 1. The highest BCUT2D eigenvalue weighted by molar-refractivity contribution is 5.48. The van der Waals surface area contributed by atoms with Crippen LogP contribution in [0.1, 0.15) is 5.56 Å². The average Bonchev–Trinajstić information content (AvgIpc) is 2.17. The van der Waals surface area contributed by atoms with E-state index in [2.05, 4.69) is 0 Å². The van der Waals surface area contributed by atoms with E-state index in [0.29, 0.717) is 0 Å². The number of benzene rings is 1. The fraction of sp³-hybridized carbons (Fsp3) is 0.400. The summed E-state index contributed by atoms with van der Waals surface area (Å²) in [7, 11) is 3.23. The van der Waals surface area contributed by atoms with Gasteiger partial charge in [0.05, 0.1) is 5.69 Å². The number of aliphatic hydroxyl groups is 1. The molecule has 84 valence electrons. The highest BCUT2D eigenvalue weighted by Gasteiger charge is 2.31. The Morgan fingerprint density at radius 3 is 2.33 bits per heavy atom. The van der Waals surface area contributed by atoms with Crippen molar-refractivity contribution in [2.45, 2.75) is 5.92 Å². The minimum absolute atomic E-state index is 0.229. The van der Waals surface area contributed by atoms with Crippen molar-refractivity contribution in [3.8, 4) is 0 Å². The van der Waals surface area contributed by atoms with Gasteiger partial charge in [-0.15, -0.1) is 0 Å². The van der Waals surface area contributed by atoms with Crippen LogP contribution in [-0.2, 0) is 5.92 Å². The van der Waals surface area contributed by atoms with Gasteiger partial charge in [-0.05, 0) is 12.1 Å². The van der Waals surface area contributed by atoms with Gasteiger partial charge in [-0.1, -0.05) is 6.07 Å². The largest absolute Gasteiger partial charge is 0.390 e. The number of hydrogen-bond acceptors (Lipinski definition) is 2. The molecule has 0 unspecified atom stereocenters. The van der Waals surface area contributed by atoms with Gasteiger partial charge in [-0.3, -0.25) is 0 Å². The van der Waals surface area contributed by atoms with E-state index < -0.39 is 23.9 Å². The van der Waals surface area contributed by atoms with Gasteiger partial charge < -0.3 is 10.0 Å². The molecule has 0 bridgehead atoms. The first kappa shape index (κ1) is 11.8. The molecule has 0 fully saturated rings. The fourth-order valence-corrected chi connectivity index (χ4v) is 1.19. The van der Waals surface area contributed by atoms with E-state index in [-0.39, 0.29) is 5.69 Å². The molecule has 0 aliphatic carbocycles. The molecule has 0 saturated carbocycles. The Balaban J connectivity index is 3.12. The summed E-state index contributed by atoms with van der Waals surface area (Å²) in [5.41, 5.74) is -0.291. The second-order valence-electron chi connectivity index (χ2n) is 3.42. The van der Waals surface area contributed by atoms with Crippen molar-refractivity contribution in [1.82, 2.24) is 0 Å². The lowest BCUT2D eigenvalue weighted by Crippen LogP contribution is -2.19. The Labute approximate surface area is 85.9 Å². The Hall–Kier alpha value is -1.23. The van der Waals surface area contributed by atoms with Gasteiger partial charge in [0.2, 0.25) is 0 Å². The molecule has 0 heterocycles. The third-order valence-corrected chi connectivity index (χ3v) is 2.05. The maximum absolute atomic E-state index is 13.3. The van der Waals surface area contributed by atoms with Crippen LogP contribution in [0.15, 0.2) is 18.2 Å². The molecule has 5 heteroatoms. The lowest BCUT2D eigenvalue weighted by atomic mass is 10.1. The Morgan fingerprint density at radius 2 is 1.93 bits per heavy atom. The van der Waals surface area contributed by atoms with Crippen molar-refractivity contribution < 1.29 is 18.3 Å². The minimum atomic E-state index is -3.40. The third kappa shape index (κ3) is 2.41. The van der Waals surface area contributed by atoms with Gasteiger partial charge in [-0.2, -0.15) is 8.78 Å². The summed E-state index contributed by atoms with van der Waals surface area (Å²) >= 11 is 0. The smallest absolute Gasteiger partial charge is 0.295 e. The lowest BCUT2D eigenvalue weighted by Gasteiger charge is -2.17. The molecular formula is C10H12F3NO. The van der Waals surface area contributed by atoms with Crippen LogP contribution in [0.2, 0.25) is 0 Å². The Kier molecular flexibility index (Phi) is 3.24. The van der Waals surface area contributed by atoms with E-state index >= 15 is 0 Å². The van der Waals surface area contributed by atoms with Crippen molar-refractivity contribution >= 4 is 5.69 Å². The highest BCUT2D eigenvalue weighted by Crippen LogP contribution is 2.30. The fourth-order valence-electron chi connectivity index (χ4n) is 1.19. The van der Waals surface area contributed by atoms with Gasteiger partial charge in [0.25, 0.3) is 5.92 Å². The Morgan fingerprint density at radius 1 is 1.33 bits per heavy atom. The maximum atomic E-state index is 13.3. The zero-order valence-corrected chi connectivity index (χ0v) is 8.47. The van der Waals surface area contributed by atoms with Crippen molar-refractivity contribution in [3.05, 3.63) is 29.6 Å². The highest BCUT2D eigenvalue weighted by atomic mass is 19.3. The number of halogens is 3. The number of anilines is 1.